The van der Waals surface area contributed by atoms with E-state index in [0.29, 0.717) is 5.03 Å². The van der Waals surface area contributed by atoms with Gasteiger partial charge in [-0.25, -0.2) is 4.68 Å². The lowest BCUT2D eigenvalue weighted by atomic mass is 10.1. The van der Waals surface area contributed by atoms with E-state index in [0.717, 1.165) is 39.5 Å². The number of hydrogen-bond donors (Lipinski definition) is 2. The van der Waals surface area contributed by atoms with Crippen LogP contribution in [0.5, 0.6) is 0 Å². The highest BCUT2D eigenvalue weighted by Crippen LogP contribution is 2.36. The van der Waals surface area contributed by atoms with Gasteiger partial charge in [-0.05, 0) is 35.9 Å². The van der Waals surface area contributed by atoms with Crippen LogP contribution in [0.25, 0.3) is 28.2 Å². The Morgan fingerprint density at radius 1 is 0.769 bits per heavy atom. The number of nitriles is 1. The summed E-state index contributed by atoms with van der Waals surface area (Å²) in [5.41, 5.74) is 6.46. The lowest BCUT2D eigenvalue weighted by molar-refractivity contribution is -0.118. The molecule has 0 aliphatic carbocycles. The van der Waals surface area contributed by atoms with Crippen LogP contribution >= 0.6 is 12.6 Å². The molecule has 6 nitrogen and oxygen atoms in total. The zero-order valence-corrected chi connectivity index (χ0v) is 21.7. The lowest BCUT2D eigenvalue weighted by Crippen LogP contribution is -2.46. The van der Waals surface area contributed by atoms with Crippen molar-refractivity contribution >= 4 is 24.2 Å². The molecule has 1 atom stereocenters. The molecule has 1 aliphatic rings. The number of para-hydroxylation sites is 1. The molecule has 6 rings (SSSR count). The van der Waals surface area contributed by atoms with E-state index >= 15 is 0 Å². The molecule has 1 N–H and O–H groups in total. The molecule has 0 saturated carbocycles. The summed E-state index contributed by atoms with van der Waals surface area (Å²) in [5.74, 6) is -0.449. The minimum absolute atomic E-state index is 0.0208. The van der Waals surface area contributed by atoms with Crippen LogP contribution in [0.15, 0.2) is 132 Å². The summed E-state index contributed by atoms with van der Waals surface area (Å²) in [5, 5.41) is 17.8. The Morgan fingerprint density at radius 2 is 1.36 bits per heavy atom. The first-order valence-corrected chi connectivity index (χ1v) is 12.9. The first kappa shape index (κ1) is 24.3. The Labute approximate surface area is 231 Å². The Kier molecular flexibility index (Phi) is 6.45. The van der Waals surface area contributed by atoms with E-state index < -0.39 is 12.1 Å². The minimum Gasteiger partial charge on any atom is -0.327 e. The molecule has 2 heterocycles. The number of carbonyl (C=O) groups is 1. The highest BCUT2D eigenvalue weighted by atomic mass is 32.1. The second-order valence-corrected chi connectivity index (χ2v) is 9.47. The standard InChI is InChI=1S/C32H23N5OS/c33-21-27-31(38)34-30(36(32(27)39)25-14-8-3-9-15-25)24-16-18-26(19-17-24)37-29(23-12-6-2-7-13-23)20-28(35-37)22-10-4-1-5-11-22/h1-20,30,39H,(H,34,38)/t30-/m0/s1. The summed E-state index contributed by atoms with van der Waals surface area (Å²) in [4.78, 5) is 14.6. The maximum absolute atomic E-state index is 12.7. The summed E-state index contributed by atoms with van der Waals surface area (Å²) in [6, 6.07) is 41.8. The van der Waals surface area contributed by atoms with Crippen LogP contribution in [0.4, 0.5) is 5.69 Å². The van der Waals surface area contributed by atoms with Crippen LogP contribution in [0, 0.1) is 11.3 Å². The number of amides is 1. The number of rotatable bonds is 5. The fraction of sp³-hybridized carbons (Fsp3) is 0.0312. The quantitative estimate of drug-likeness (QED) is 0.257. The second kappa shape index (κ2) is 10.4. The molecule has 0 spiro atoms. The molecule has 0 saturated heterocycles. The fourth-order valence-electron chi connectivity index (χ4n) is 4.74. The number of benzene rings is 4. The zero-order chi connectivity index (χ0) is 26.8. The van der Waals surface area contributed by atoms with Crippen LogP contribution in [-0.4, -0.2) is 15.7 Å². The van der Waals surface area contributed by atoms with Gasteiger partial charge in [-0.3, -0.25) is 4.79 Å². The van der Waals surface area contributed by atoms with Gasteiger partial charge in [0, 0.05) is 16.8 Å². The molecule has 188 valence electrons. The van der Waals surface area contributed by atoms with Gasteiger partial charge >= 0.3 is 0 Å². The van der Waals surface area contributed by atoms with E-state index in [1.165, 1.54) is 0 Å². The Morgan fingerprint density at radius 3 is 1.97 bits per heavy atom. The van der Waals surface area contributed by atoms with Crippen molar-refractivity contribution in [2.24, 2.45) is 0 Å². The average Bonchev–Trinajstić information content (AvgIpc) is 3.44. The largest absolute Gasteiger partial charge is 0.327 e. The zero-order valence-electron chi connectivity index (χ0n) is 20.8. The number of nitrogens with zero attached hydrogens (tertiary/aromatic N) is 4. The molecule has 0 radical (unpaired) electrons. The highest BCUT2D eigenvalue weighted by molar-refractivity contribution is 7.84. The van der Waals surface area contributed by atoms with Gasteiger partial charge in [-0.1, -0.05) is 91.0 Å². The van der Waals surface area contributed by atoms with Gasteiger partial charge < -0.3 is 10.2 Å². The summed E-state index contributed by atoms with van der Waals surface area (Å²) >= 11 is 4.59. The third-order valence-electron chi connectivity index (χ3n) is 6.65. The number of anilines is 1. The van der Waals surface area contributed by atoms with Crippen molar-refractivity contribution in [1.29, 1.82) is 5.26 Å². The topological polar surface area (TPSA) is 74.0 Å². The SMILES string of the molecule is N#CC1=C(S)N(c2ccccc2)[C@@H](c2ccc(-n3nc(-c4ccccc4)cc3-c3ccccc3)cc2)NC1=O. The summed E-state index contributed by atoms with van der Waals surface area (Å²) in [7, 11) is 0. The lowest BCUT2D eigenvalue weighted by Gasteiger charge is -2.38. The van der Waals surface area contributed by atoms with Crippen LogP contribution in [0.3, 0.4) is 0 Å². The van der Waals surface area contributed by atoms with Crippen LogP contribution in [0.2, 0.25) is 0 Å². The van der Waals surface area contributed by atoms with Gasteiger partial charge in [0.2, 0.25) is 0 Å². The molecule has 7 heteroatoms. The van der Waals surface area contributed by atoms with Crippen LogP contribution in [-0.2, 0) is 4.79 Å². The van der Waals surface area contributed by atoms with Gasteiger partial charge in [0.05, 0.1) is 22.1 Å². The predicted molar refractivity (Wildman–Crippen MR) is 156 cm³/mol. The van der Waals surface area contributed by atoms with Crippen LogP contribution in [0.1, 0.15) is 11.7 Å². The van der Waals surface area contributed by atoms with Crippen molar-refractivity contribution in [3.8, 4) is 34.3 Å². The first-order valence-electron chi connectivity index (χ1n) is 12.4. The maximum Gasteiger partial charge on any atom is 0.266 e. The molecule has 0 bridgehead atoms. The Balaban J connectivity index is 1.42. The minimum atomic E-state index is -0.537. The van der Waals surface area contributed by atoms with E-state index in [2.05, 4.69) is 36.1 Å². The molecule has 39 heavy (non-hydrogen) atoms. The highest BCUT2D eigenvalue weighted by Gasteiger charge is 2.34. The predicted octanol–water partition coefficient (Wildman–Crippen LogP) is 6.51. The first-order chi connectivity index (χ1) is 19.1. The van der Waals surface area contributed by atoms with Gasteiger partial charge in [-0.2, -0.15) is 10.4 Å². The van der Waals surface area contributed by atoms with Crippen molar-refractivity contribution in [2.45, 2.75) is 6.17 Å². The number of thiol groups is 1. The van der Waals surface area contributed by atoms with Crippen LogP contribution < -0.4 is 10.2 Å². The van der Waals surface area contributed by atoms with Gasteiger partial charge in [0.1, 0.15) is 17.8 Å². The van der Waals surface area contributed by atoms with E-state index in [1.54, 1.807) is 0 Å². The van der Waals surface area contributed by atoms with E-state index in [4.69, 9.17) is 5.10 Å². The Hall–Kier alpha value is -5.06. The molecular weight excluding hydrogens is 502 g/mol. The average molecular weight is 526 g/mol. The molecule has 4 aromatic carbocycles. The summed E-state index contributed by atoms with van der Waals surface area (Å²) in [6.45, 7) is 0. The number of carbonyl (C=O) groups excluding carboxylic acids is 1. The van der Waals surface area contributed by atoms with E-state index in [1.807, 2.05) is 119 Å². The smallest absolute Gasteiger partial charge is 0.266 e. The number of aromatic nitrogens is 2. The molecule has 0 fully saturated rings. The second-order valence-electron chi connectivity index (χ2n) is 9.04. The Bertz CT molecular complexity index is 1710. The molecule has 1 aliphatic heterocycles. The number of hydrogen-bond acceptors (Lipinski definition) is 5. The molecule has 0 unspecified atom stereocenters. The third-order valence-corrected chi connectivity index (χ3v) is 7.09. The van der Waals surface area contributed by atoms with Gasteiger partial charge in [0.15, 0.2) is 0 Å². The van der Waals surface area contributed by atoms with E-state index in [9.17, 15) is 10.1 Å². The van der Waals surface area contributed by atoms with Crippen molar-refractivity contribution in [2.75, 3.05) is 4.90 Å². The van der Waals surface area contributed by atoms with Crippen molar-refractivity contribution in [3.05, 3.63) is 137 Å². The number of nitrogens with one attached hydrogen (secondary N) is 1. The monoisotopic (exact) mass is 525 g/mol. The molecule has 1 aromatic heterocycles. The van der Waals surface area contributed by atoms with E-state index in [-0.39, 0.29) is 5.57 Å². The normalized spacial score (nSPS) is 15.1. The van der Waals surface area contributed by atoms with Gasteiger partial charge in [0.25, 0.3) is 5.91 Å². The molecule has 5 aromatic rings. The fourth-order valence-corrected chi connectivity index (χ4v) is 5.12. The maximum atomic E-state index is 12.7. The van der Waals surface area contributed by atoms with Crippen molar-refractivity contribution in [1.82, 2.24) is 15.1 Å². The summed E-state index contributed by atoms with van der Waals surface area (Å²) < 4.78 is 1.94. The summed E-state index contributed by atoms with van der Waals surface area (Å²) in [6.07, 6.45) is -0.537. The molecular formula is C32H23N5OS. The van der Waals surface area contributed by atoms with Gasteiger partial charge in [-0.15, -0.1) is 12.6 Å². The third kappa shape index (κ3) is 4.58. The van der Waals surface area contributed by atoms with Crippen molar-refractivity contribution < 1.29 is 4.79 Å². The van der Waals surface area contributed by atoms with Crippen molar-refractivity contribution in [3.63, 3.8) is 0 Å². The molecule has 1 amide bonds.